The van der Waals surface area contributed by atoms with Crippen molar-refractivity contribution in [1.82, 2.24) is 0 Å². The molecule has 4 heteroatoms. The quantitative estimate of drug-likeness (QED) is 0.354. The van der Waals surface area contributed by atoms with Crippen molar-refractivity contribution in [2.45, 2.75) is 9.79 Å². The van der Waals surface area contributed by atoms with Gasteiger partial charge in [0, 0.05) is 0 Å². The molecule has 0 aliphatic heterocycles. The number of hydrogen-bond donors (Lipinski definition) is 0. The Labute approximate surface area is 148 Å². The Balaban J connectivity index is 1.84. The number of fused-ring (bicyclic) bond motifs is 1. The number of halogens is 1. The molecule has 0 saturated carbocycles. The minimum absolute atomic E-state index is 0.402. The van der Waals surface area contributed by atoms with Crippen LogP contribution in [-0.4, -0.2) is 14.5 Å². The van der Waals surface area contributed by atoms with Gasteiger partial charge in [0.05, 0.1) is 0 Å². The van der Waals surface area contributed by atoms with Crippen LogP contribution < -0.4 is 0 Å². The van der Waals surface area contributed by atoms with Crippen LogP contribution in [0, 0.1) is 0 Å². The van der Waals surface area contributed by atoms with Crippen LogP contribution in [0.15, 0.2) is 75.8 Å². The van der Waals surface area contributed by atoms with E-state index in [0.717, 1.165) is 5.02 Å². The molecule has 2 aromatic heterocycles. The molecule has 0 aliphatic carbocycles. The SMILES string of the molecule is Clc1ccc(Sc2c(-c3ccccc3)[se]c3sccc23)cc1. The Hall–Kier alpha value is -0.961. The van der Waals surface area contributed by atoms with Crippen molar-refractivity contribution >= 4 is 58.2 Å². The van der Waals surface area contributed by atoms with Crippen LogP contribution in [0.4, 0.5) is 0 Å². The first kappa shape index (κ1) is 14.6. The molecule has 0 amide bonds. The van der Waals surface area contributed by atoms with E-state index in [1.54, 1.807) is 0 Å². The molecule has 22 heavy (non-hydrogen) atoms. The van der Waals surface area contributed by atoms with E-state index in [1.807, 2.05) is 35.2 Å². The second-order valence-corrected chi connectivity index (χ2v) is 9.97. The molecule has 0 bridgehead atoms. The van der Waals surface area contributed by atoms with Crippen LogP contribution in [0.5, 0.6) is 0 Å². The Bertz CT molecular complexity index is 907. The van der Waals surface area contributed by atoms with E-state index in [1.165, 1.54) is 28.8 Å². The standard InChI is InChI=1S/C18H11ClS2Se/c19-13-6-8-14(9-7-13)21-16-15-10-11-20-18(15)22-17(16)12-4-2-1-3-5-12/h1-11H. The predicted octanol–water partition coefficient (Wildman–Crippen LogP) is 6.43. The van der Waals surface area contributed by atoms with Crippen LogP contribution in [-0.2, 0) is 0 Å². The van der Waals surface area contributed by atoms with Crippen molar-refractivity contribution in [3.05, 3.63) is 71.1 Å². The molecular formula is C18H11ClS2Se. The van der Waals surface area contributed by atoms with Crippen molar-refractivity contribution < 1.29 is 0 Å². The molecule has 4 rings (SSSR count). The van der Waals surface area contributed by atoms with Gasteiger partial charge in [-0.3, -0.25) is 0 Å². The summed E-state index contributed by atoms with van der Waals surface area (Å²) in [5.74, 6) is 0. The van der Waals surface area contributed by atoms with Crippen LogP contribution >= 0.6 is 34.7 Å². The molecule has 4 aromatic rings. The zero-order valence-corrected chi connectivity index (χ0v) is 15.6. The van der Waals surface area contributed by atoms with E-state index in [4.69, 9.17) is 11.6 Å². The van der Waals surface area contributed by atoms with Crippen molar-refractivity contribution in [2.24, 2.45) is 0 Å². The molecule has 0 aliphatic rings. The van der Waals surface area contributed by atoms with Gasteiger partial charge in [0.25, 0.3) is 0 Å². The summed E-state index contributed by atoms with van der Waals surface area (Å²) in [4.78, 5) is 2.65. The van der Waals surface area contributed by atoms with Gasteiger partial charge in [0.1, 0.15) is 0 Å². The molecule has 108 valence electrons. The van der Waals surface area contributed by atoms with Crippen molar-refractivity contribution in [3.8, 4) is 10.0 Å². The monoisotopic (exact) mass is 406 g/mol. The summed E-state index contributed by atoms with van der Waals surface area (Å²) in [5.41, 5.74) is 1.35. The Morgan fingerprint density at radius 1 is 0.909 bits per heavy atom. The number of thiophene rings is 1. The van der Waals surface area contributed by atoms with Crippen molar-refractivity contribution in [1.29, 1.82) is 0 Å². The van der Waals surface area contributed by atoms with Crippen LogP contribution in [0.2, 0.25) is 5.02 Å². The summed E-state index contributed by atoms with van der Waals surface area (Å²) in [7, 11) is 0. The van der Waals surface area contributed by atoms with Crippen LogP contribution in [0.1, 0.15) is 0 Å². The number of benzene rings is 2. The Kier molecular flexibility index (Phi) is 4.17. The average molecular weight is 406 g/mol. The van der Waals surface area contributed by atoms with Gasteiger partial charge in [-0.2, -0.15) is 0 Å². The van der Waals surface area contributed by atoms with Crippen molar-refractivity contribution in [2.75, 3.05) is 0 Å². The fraction of sp³-hybridized carbons (Fsp3) is 0. The second-order valence-electron chi connectivity index (χ2n) is 4.80. The van der Waals surface area contributed by atoms with E-state index in [0.29, 0.717) is 14.5 Å². The third-order valence-electron chi connectivity index (χ3n) is 3.34. The van der Waals surface area contributed by atoms with E-state index in [-0.39, 0.29) is 0 Å². The fourth-order valence-corrected chi connectivity index (χ4v) is 7.81. The summed E-state index contributed by atoms with van der Waals surface area (Å²) in [5, 5.41) is 4.41. The van der Waals surface area contributed by atoms with E-state index >= 15 is 0 Å². The Morgan fingerprint density at radius 2 is 1.68 bits per heavy atom. The summed E-state index contributed by atoms with van der Waals surface area (Å²) >= 11 is 10.1. The summed E-state index contributed by atoms with van der Waals surface area (Å²) in [6.07, 6.45) is 0. The predicted molar refractivity (Wildman–Crippen MR) is 99.8 cm³/mol. The molecule has 2 heterocycles. The Morgan fingerprint density at radius 3 is 2.45 bits per heavy atom. The molecule has 0 unspecified atom stereocenters. The zero-order chi connectivity index (χ0) is 14.9. The van der Waals surface area contributed by atoms with Gasteiger partial charge in [0.15, 0.2) is 0 Å². The van der Waals surface area contributed by atoms with Crippen molar-refractivity contribution in [3.63, 3.8) is 0 Å². The maximum atomic E-state index is 6.00. The van der Waals surface area contributed by atoms with E-state index in [9.17, 15) is 0 Å². The van der Waals surface area contributed by atoms with Gasteiger partial charge < -0.3 is 0 Å². The summed E-state index contributed by atoms with van der Waals surface area (Å²) in [6.45, 7) is 0. The second kappa shape index (κ2) is 6.27. The van der Waals surface area contributed by atoms with Gasteiger partial charge in [-0.1, -0.05) is 0 Å². The fourth-order valence-electron chi connectivity index (χ4n) is 2.31. The molecule has 0 spiro atoms. The number of rotatable bonds is 3. The van der Waals surface area contributed by atoms with E-state index in [2.05, 4.69) is 53.9 Å². The van der Waals surface area contributed by atoms with Gasteiger partial charge >= 0.3 is 149 Å². The molecule has 0 atom stereocenters. The molecule has 2 aromatic carbocycles. The van der Waals surface area contributed by atoms with Gasteiger partial charge in [-0.25, -0.2) is 0 Å². The summed E-state index contributed by atoms with van der Waals surface area (Å²) in [6, 6.07) is 21.1. The molecule has 0 nitrogen and oxygen atoms in total. The first-order chi connectivity index (χ1) is 10.8. The summed E-state index contributed by atoms with van der Waals surface area (Å²) < 4.78 is 3.03. The van der Waals surface area contributed by atoms with Crippen LogP contribution in [0.25, 0.3) is 19.0 Å². The minimum atomic E-state index is 0.402. The van der Waals surface area contributed by atoms with Crippen LogP contribution in [0.3, 0.4) is 0 Å². The topological polar surface area (TPSA) is 0 Å². The third kappa shape index (κ3) is 2.80. The van der Waals surface area contributed by atoms with Gasteiger partial charge in [-0.15, -0.1) is 0 Å². The molecular weight excluding hydrogens is 395 g/mol. The zero-order valence-electron chi connectivity index (χ0n) is 11.5. The third-order valence-corrected chi connectivity index (χ3v) is 8.97. The van der Waals surface area contributed by atoms with Gasteiger partial charge in [0.2, 0.25) is 0 Å². The normalized spacial score (nSPS) is 11.1. The van der Waals surface area contributed by atoms with E-state index < -0.39 is 0 Å². The number of hydrogen-bond acceptors (Lipinski definition) is 2. The molecule has 0 fully saturated rings. The average Bonchev–Trinajstić information content (AvgIpc) is 3.13. The van der Waals surface area contributed by atoms with Gasteiger partial charge in [-0.05, 0) is 0 Å². The molecule has 0 saturated heterocycles. The molecule has 0 N–H and O–H groups in total. The molecule has 0 radical (unpaired) electrons. The first-order valence-electron chi connectivity index (χ1n) is 6.80. The first-order valence-corrected chi connectivity index (χ1v) is 10.6. The maximum absolute atomic E-state index is 6.00.